The van der Waals surface area contributed by atoms with Crippen molar-refractivity contribution in [1.29, 1.82) is 0 Å². The van der Waals surface area contributed by atoms with Crippen molar-refractivity contribution in [2.45, 2.75) is 6.42 Å². The molecule has 98 valence electrons. The topological polar surface area (TPSA) is 64.4 Å². The lowest BCUT2D eigenvalue weighted by atomic mass is 10.1. The van der Waals surface area contributed by atoms with Gasteiger partial charge in [-0.3, -0.25) is 10.1 Å². The number of nitrogens with one attached hydrogen (secondary N) is 1. The first kappa shape index (κ1) is 13.8. The van der Waals surface area contributed by atoms with Crippen LogP contribution in [0.15, 0.2) is 21.1 Å². The molecule has 1 atom stereocenters. The maximum Gasteiger partial charge on any atom is 0.271 e. The Bertz CT molecular complexity index is 439. The molecule has 1 aromatic carbocycles. The Balaban J connectivity index is 2.10. The third-order valence-corrected chi connectivity index (χ3v) is 4.00. The molecular formula is C11H12Br2N2O3. The quantitative estimate of drug-likeness (QED) is 0.644. The second-order valence-corrected chi connectivity index (χ2v) is 5.87. The van der Waals surface area contributed by atoms with Gasteiger partial charge in [0, 0.05) is 24.6 Å². The molecule has 0 saturated carbocycles. The Hall–Kier alpha value is -0.660. The molecule has 0 aliphatic carbocycles. The van der Waals surface area contributed by atoms with Crippen molar-refractivity contribution in [3.05, 3.63) is 31.2 Å². The fraction of sp³-hybridized carbons (Fsp3) is 0.455. The molecule has 0 bridgehead atoms. The minimum Gasteiger partial charge on any atom is -0.491 e. The van der Waals surface area contributed by atoms with Crippen LogP contribution in [-0.2, 0) is 0 Å². The first-order chi connectivity index (χ1) is 8.58. The molecule has 2 rings (SSSR count). The molecule has 18 heavy (non-hydrogen) atoms. The number of nitro groups is 1. The lowest BCUT2D eigenvalue weighted by molar-refractivity contribution is -0.385. The minimum absolute atomic E-state index is 0.0311. The number of benzene rings is 1. The molecule has 1 unspecified atom stereocenters. The Labute approximate surface area is 121 Å². The Morgan fingerprint density at radius 2 is 2.11 bits per heavy atom. The van der Waals surface area contributed by atoms with Crippen LogP contribution >= 0.6 is 31.9 Å². The van der Waals surface area contributed by atoms with Crippen LogP contribution in [-0.4, -0.2) is 24.6 Å². The van der Waals surface area contributed by atoms with E-state index in [1.165, 1.54) is 12.1 Å². The van der Waals surface area contributed by atoms with Gasteiger partial charge in [0.1, 0.15) is 5.75 Å². The van der Waals surface area contributed by atoms with E-state index in [1.807, 2.05) is 0 Å². The van der Waals surface area contributed by atoms with Crippen molar-refractivity contribution in [1.82, 2.24) is 5.32 Å². The van der Waals surface area contributed by atoms with Crippen LogP contribution < -0.4 is 10.1 Å². The molecule has 1 N–H and O–H groups in total. The van der Waals surface area contributed by atoms with Crippen LogP contribution in [0.2, 0.25) is 0 Å². The molecule has 0 spiro atoms. The van der Waals surface area contributed by atoms with E-state index in [9.17, 15) is 10.1 Å². The summed E-state index contributed by atoms with van der Waals surface area (Å²) < 4.78 is 6.91. The molecule has 0 radical (unpaired) electrons. The predicted molar refractivity (Wildman–Crippen MR) is 75.0 cm³/mol. The number of non-ortho nitro benzene ring substituents is 1. The third kappa shape index (κ3) is 3.21. The highest BCUT2D eigenvalue weighted by atomic mass is 79.9. The summed E-state index contributed by atoms with van der Waals surface area (Å²) in [5.74, 6) is 1.12. The molecule has 1 heterocycles. The number of hydrogen-bond acceptors (Lipinski definition) is 4. The van der Waals surface area contributed by atoms with Crippen molar-refractivity contribution >= 4 is 37.5 Å². The Morgan fingerprint density at radius 3 is 2.61 bits per heavy atom. The second kappa shape index (κ2) is 5.99. The van der Waals surface area contributed by atoms with E-state index in [4.69, 9.17) is 4.74 Å². The summed E-state index contributed by atoms with van der Waals surface area (Å²) in [4.78, 5) is 10.3. The summed E-state index contributed by atoms with van der Waals surface area (Å²) in [6.45, 7) is 2.60. The highest BCUT2D eigenvalue weighted by molar-refractivity contribution is 9.11. The summed E-state index contributed by atoms with van der Waals surface area (Å²) in [6.07, 6.45) is 1.10. The number of nitrogens with zero attached hydrogens (tertiary/aromatic N) is 1. The summed E-state index contributed by atoms with van der Waals surface area (Å²) in [5, 5.41) is 14.0. The van der Waals surface area contributed by atoms with Crippen molar-refractivity contribution in [2.24, 2.45) is 5.92 Å². The van der Waals surface area contributed by atoms with Crippen molar-refractivity contribution in [2.75, 3.05) is 19.7 Å². The van der Waals surface area contributed by atoms with Gasteiger partial charge in [0.25, 0.3) is 5.69 Å². The largest absolute Gasteiger partial charge is 0.491 e. The van der Waals surface area contributed by atoms with Crippen LogP contribution in [0, 0.1) is 16.0 Å². The normalized spacial score (nSPS) is 18.9. The number of rotatable bonds is 4. The Morgan fingerprint density at radius 1 is 1.44 bits per heavy atom. The number of ether oxygens (including phenoxy) is 1. The fourth-order valence-corrected chi connectivity index (χ4v) is 3.24. The van der Waals surface area contributed by atoms with Crippen molar-refractivity contribution in [3.8, 4) is 5.75 Å². The Kier molecular flexibility index (Phi) is 4.58. The van der Waals surface area contributed by atoms with E-state index in [0.29, 0.717) is 27.2 Å². The number of halogens is 2. The SMILES string of the molecule is O=[N+]([O-])c1cc(Br)c(OCC2CCNC2)c(Br)c1. The van der Waals surface area contributed by atoms with Crippen molar-refractivity contribution in [3.63, 3.8) is 0 Å². The number of hydrogen-bond donors (Lipinski definition) is 1. The van der Waals surface area contributed by atoms with Crippen LogP contribution in [0.5, 0.6) is 5.75 Å². The zero-order chi connectivity index (χ0) is 13.1. The zero-order valence-electron chi connectivity index (χ0n) is 9.49. The van der Waals surface area contributed by atoms with Gasteiger partial charge in [0.15, 0.2) is 0 Å². The van der Waals surface area contributed by atoms with Gasteiger partial charge in [0.05, 0.1) is 20.5 Å². The van der Waals surface area contributed by atoms with E-state index >= 15 is 0 Å². The van der Waals surface area contributed by atoms with E-state index in [-0.39, 0.29) is 5.69 Å². The van der Waals surface area contributed by atoms with Gasteiger partial charge in [-0.1, -0.05) is 0 Å². The molecule has 0 amide bonds. The first-order valence-electron chi connectivity index (χ1n) is 5.55. The summed E-state index contributed by atoms with van der Waals surface area (Å²) in [7, 11) is 0. The summed E-state index contributed by atoms with van der Waals surface area (Å²) in [5.41, 5.74) is 0.0311. The molecule has 1 aliphatic rings. The predicted octanol–water partition coefficient (Wildman–Crippen LogP) is 3.11. The minimum atomic E-state index is -0.430. The van der Waals surface area contributed by atoms with E-state index in [2.05, 4.69) is 37.2 Å². The molecular weight excluding hydrogens is 368 g/mol. The maximum absolute atomic E-state index is 10.7. The van der Waals surface area contributed by atoms with Gasteiger partial charge in [-0.15, -0.1) is 0 Å². The van der Waals surface area contributed by atoms with Gasteiger partial charge in [0.2, 0.25) is 0 Å². The van der Waals surface area contributed by atoms with Crippen LogP contribution in [0.3, 0.4) is 0 Å². The van der Waals surface area contributed by atoms with E-state index in [1.54, 1.807) is 0 Å². The average Bonchev–Trinajstić information content (AvgIpc) is 2.80. The van der Waals surface area contributed by atoms with Gasteiger partial charge in [-0.25, -0.2) is 0 Å². The van der Waals surface area contributed by atoms with Crippen molar-refractivity contribution < 1.29 is 9.66 Å². The highest BCUT2D eigenvalue weighted by Crippen LogP contribution is 2.37. The second-order valence-electron chi connectivity index (χ2n) is 4.17. The van der Waals surface area contributed by atoms with Gasteiger partial charge in [-0.05, 0) is 44.8 Å². The molecule has 1 fully saturated rings. The van der Waals surface area contributed by atoms with Crippen LogP contribution in [0.25, 0.3) is 0 Å². The first-order valence-corrected chi connectivity index (χ1v) is 7.13. The van der Waals surface area contributed by atoms with Gasteiger partial charge >= 0.3 is 0 Å². The van der Waals surface area contributed by atoms with Gasteiger partial charge in [-0.2, -0.15) is 0 Å². The van der Waals surface area contributed by atoms with Gasteiger partial charge < -0.3 is 10.1 Å². The fourth-order valence-electron chi connectivity index (χ4n) is 1.85. The van der Waals surface area contributed by atoms with Crippen LogP contribution in [0.1, 0.15) is 6.42 Å². The molecule has 5 nitrogen and oxygen atoms in total. The zero-order valence-corrected chi connectivity index (χ0v) is 12.7. The van der Waals surface area contributed by atoms with E-state index < -0.39 is 4.92 Å². The van der Waals surface area contributed by atoms with E-state index in [0.717, 1.165) is 19.5 Å². The molecule has 0 aromatic heterocycles. The molecule has 1 saturated heterocycles. The smallest absolute Gasteiger partial charge is 0.271 e. The maximum atomic E-state index is 10.7. The summed E-state index contributed by atoms with van der Waals surface area (Å²) in [6, 6.07) is 2.90. The standard InChI is InChI=1S/C11H12Br2N2O3/c12-9-3-8(15(16)17)4-10(13)11(9)18-6-7-1-2-14-5-7/h3-4,7,14H,1-2,5-6H2. The number of nitro benzene ring substituents is 1. The van der Waals surface area contributed by atoms with Crippen LogP contribution in [0.4, 0.5) is 5.69 Å². The lowest BCUT2D eigenvalue weighted by Crippen LogP contribution is -2.15. The highest BCUT2D eigenvalue weighted by Gasteiger charge is 2.18. The lowest BCUT2D eigenvalue weighted by Gasteiger charge is -2.13. The average molecular weight is 380 g/mol. The monoisotopic (exact) mass is 378 g/mol. The molecule has 1 aromatic rings. The third-order valence-electron chi connectivity index (χ3n) is 2.82. The molecule has 7 heteroatoms. The molecule has 1 aliphatic heterocycles. The summed E-state index contributed by atoms with van der Waals surface area (Å²) >= 11 is 6.60.